The van der Waals surface area contributed by atoms with Gasteiger partial charge in [0.25, 0.3) is 0 Å². The van der Waals surface area contributed by atoms with Crippen LogP contribution < -0.4 is 9.47 Å². The van der Waals surface area contributed by atoms with Gasteiger partial charge in [-0.1, -0.05) is 53.6 Å². The molecular weight excluding hydrogens is 497 g/mol. The fourth-order valence-electron chi connectivity index (χ4n) is 2.78. The Balaban J connectivity index is 1.88. The number of methoxy groups -OCH3 is 1. The Hall–Kier alpha value is -2.49. The second kappa shape index (κ2) is 9.82. The van der Waals surface area contributed by atoms with Gasteiger partial charge in [-0.3, -0.25) is 0 Å². The predicted molar refractivity (Wildman–Crippen MR) is 126 cm³/mol. The van der Waals surface area contributed by atoms with E-state index in [2.05, 4.69) is 28.7 Å². The van der Waals surface area contributed by atoms with Crippen molar-refractivity contribution in [1.29, 1.82) is 5.26 Å². The molecule has 0 fully saturated rings. The summed E-state index contributed by atoms with van der Waals surface area (Å²) in [5.41, 5.74) is 4.53. The van der Waals surface area contributed by atoms with E-state index in [9.17, 15) is 5.26 Å². The average Bonchev–Trinajstić information content (AvgIpc) is 2.72. The maximum atomic E-state index is 9.60. The maximum Gasteiger partial charge on any atom is 0.174 e. The first-order valence-electron chi connectivity index (χ1n) is 8.94. The van der Waals surface area contributed by atoms with Gasteiger partial charge in [0.05, 0.1) is 22.3 Å². The third kappa shape index (κ3) is 5.53. The summed E-state index contributed by atoms with van der Waals surface area (Å²) in [6, 6.07) is 21.6. The minimum absolute atomic E-state index is 0.408. The number of hydrogen-bond donors (Lipinski definition) is 0. The molecule has 0 heterocycles. The van der Waals surface area contributed by atoms with Crippen LogP contribution in [0.1, 0.15) is 22.3 Å². The Morgan fingerprint density at radius 3 is 2.41 bits per heavy atom. The minimum atomic E-state index is 0.408. The highest BCUT2D eigenvalue weighted by molar-refractivity contribution is 14.1. The summed E-state index contributed by atoms with van der Waals surface area (Å²) < 4.78 is 12.5. The lowest BCUT2D eigenvalue weighted by atomic mass is 10.0. The second-order valence-electron chi connectivity index (χ2n) is 6.49. The number of nitriles is 1. The van der Waals surface area contributed by atoms with Crippen LogP contribution in [0, 0.1) is 21.8 Å². The van der Waals surface area contributed by atoms with Crippen LogP contribution in [0.5, 0.6) is 11.5 Å². The number of halogens is 2. The Kier molecular flexibility index (Phi) is 7.18. The standard InChI is InChI=1S/C24H19ClINO2/c1-16-3-7-19(8-4-16)20(14-27)11-18-12-22(26)24(23(13-18)28-2)29-15-17-5-9-21(25)10-6-17/h3-13H,15H2,1-2H3/b20-11+. The normalized spacial score (nSPS) is 11.1. The molecule has 3 rings (SSSR count). The SMILES string of the molecule is COc1cc(/C=C(\C#N)c2ccc(C)cc2)cc(I)c1OCc1ccc(Cl)cc1. The first kappa shape index (κ1) is 21.2. The minimum Gasteiger partial charge on any atom is -0.493 e. The van der Waals surface area contributed by atoms with E-state index >= 15 is 0 Å². The Morgan fingerprint density at radius 2 is 1.79 bits per heavy atom. The molecule has 0 unspecified atom stereocenters. The van der Waals surface area contributed by atoms with Crippen LogP contribution in [0.15, 0.2) is 60.7 Å². The van der Waals surface area contributed by atoms with Crippen molar-refractivity contribution in [2.75, 3.05) is 7.11 Å². The van der Waals surface area contributed by atoms with Gasteiger partial charge in [-0.05, 0) is 76.5 Å². The Morgan fingerprint density at radius 1 is 1.10 bits per heavy atom. The predicted octanol–water partition coefficient (Wildman–Crippen LogP) is 6.90. The quantitative estimate of drug-likeness (QED) is 0.204. The number of rotatable bonds is 6. The van der Waals surface area contributed by atoms with Crippen LogP contribution in [0.4, 0.5) is 0 Å². The van der Waals surface area contributed by atoms with Crippen molar-refractivity contribution in [3.63, 3.8) is 0 Å². The zero-order valence-electron chi connectivity index (χ0n) is 16.1. The van der Waals surface area contributed by atoms with Crippen LogP contribution in [-0.4, -0.2) is 7.11 Å². The number of allylic oxidation sites excluding steroid dienone is 1. The fourth-order valence-corrected chi connectivity index (χ4v) is 3.69. The summed E-state index contributed by atoms with van der Waals surface area (Å²) in [5.74, 6) is 1.30. The highest BCUT2D eigenvalue weighted by Crippen LogP contribution is 2.35. The smallest absolute Gasteiger partial charge is 0.174 e. The van der Waals surface area contributed by atoms with Crippen molar-refractivity contribution < 1.29 is 9.47 Å². The molecule has 3 aromatic rings. The average molecular weight is 516 g/mol. The number of aryl methyl sites for hydroxylation is 1. The van der Waals surface area contributed by atoms with Gasteiger partial charge < -0.3 is 9.47 Å². The van der Waals surface area contributed by atoms with Crippen molar-refractivity contribution in [1.82, 2.24) is 0 Å². The molecule has 0 atom stereocenters. The van der Waals surface area contributed by atoms with E-state index in [-0.39, 0.29) is 0 Å². The van der Waals surface area contributed by atoms with E-state index in [4.69, 9.17) is 21.1 Å². The molecule has 146 valence electrons. The van der Waals surface area contributed by atoms with E-state index in [1.807, 2.05) is 73.7 Å². The third-order valence-corrected chi connectivity index (χ3v) is 5.40. The maximum absolute atomic E-state index is 9.60. The van der Waals surface area contributed by atoms with Gasteiger partial charge in [-0.2, -0.15) is 5.26 Å². The number of hydrogen-bond acceptors (Lipinski definition) is 3. The largest absolute Gasteiger partial charge is 0.493 e. The summed E-state index contributed by atoms with van der Waals surface area (Å²) in [4.78, 5) is 0. The van der Waals surface area contributed by atoms with Crippen molar-refractivity contribution in [3.8, 4) is 17.6 Å². The first-order chi connectivity index (χ1) is 14.0. The van der Waals surface area contributed by atoms with Crippen LogP contribution in [0.3, 0.4) is 0 Å². The zero-order valence-corrected chi connectivity index (χ0v) is 19.0. The highest BCUT2D eigenvalue weighted by atomic mass is 127. The molecule has 0 saturated carbocycles. The van der Waals surface area contributed by atoms with Crippen molar-refractivity contribution >= 4 is 45.8 Å². The molecule has 5 heteroatoms. The van der Waals surface area contributed by atoms with Gasteiger partial charge in [0.2, 0.25) is 0 Å². The van der Waals surface area contributed by atoms with E-state index in [0.717, 1.165) is 25.8 Å². The molecule has 3 nitrogen and oxygen atoms in total. The van der Waals surface area contributed by atoms with Crippen molar-refractivity contribution in [2.24, 2.45) is 0 Å². The molecule has 0 amide bonds. The first-order valence-corrected chi connectivity index (χ1v) is 10.4. The lowest BCUT2D eigenvalue weighted by Gasteiger charge is -2.14. The molecule has 29 heavy (non-hydrogen) atoms. The monoisotopic (exact) mass is 515 g/mol. The molecule has 0 bridgehead atoms. The van der Waals surface area contributed by atoms with Gasteiger partial charge in [-0.15, -0.1) is 0 Å². The number of benzene rings is 3. The van der Waals surface area contributed by atoms with Crippen LogP contribution >= 0.6 is 34.2 Å². The highest BCUT2D eigenvalue weighted by Gasteiger charge is 2.12. The number of nitrogens with zero attached hydrogens (tertiary/aromatic N) is 1. The summed E-state index contributed by atoms with van der Waals surface area (Å²) in [6.07, 6.45) is 1.86. The van der Waals surface area contributed by atoms with E-state index < -0.39 is 0 Å². The molecule has 0 saturated heterocycles. The summed E-state index contributed by atoms with van der Waals surface area (Å²) in [7, 11) is 1.61. The van der Waals surface area contributed by atoms with E-state index in [0.29, 0.717) is 28.7 Å². The summed E-state index contributed by atoms with van der Waals surface area (Å²) in [6.45, 7) is 2.43. The van der Waals surface area contributed by atoms with Crippen molar-refractivity contribution in [2.45, 2.75) is 13.5 Å². The fraction of sp³-hybridized carbons (Fsp3) is 0.125. The van der Waals surface area contributed by atoms with Gasteiger partial charge in [-0.25, -0.2) is 0 Å². The van der Waals surface area contributed by atoms with Gasteiger partial charge in [0.15, 0.2) is 11.5 Å². The molecule has 3 aromatic carbocycles. The lowest BCUT2D eigenvalue weighted by molar-refractivity contribution is 0.282. The molecule has 0 aliphatic rings. The molecule has 0 aliphatic heterocycles. The van der Waals surface area contributed by atoms with E-state index in [1.165, 1.54) is 0 Å². The van der Waals surface area contributed by atoms with Crippen molar-refractivity contribution in [3.05, 3.63) is 91.5 Å². The van der Waals surface area contributed by atoms with Gasteiger partial charge in [0, 0.05) is 5.02 Å². The molecule has 0 aliphatic carbocycles. The second-order valence-corrected chi connectivity index (χ2v) is 8.08. The van der Waals surface area contributed by atoms with Crippen LogP contribution in [0.25, 0.3) is 11.6 Å². The summed E-state index contributed by atoms with van der Waals surface area (Å²) in [5, 5.41) is 10.3. The Labute approximate surface area is 189 Å². The van der Waals surface area contributed by atoms with Crippen LogP contribution in [0.2, 0.25) is 5.02 Å². The molecular formula is C24H19ClINO2. The molecule has 0 radical (unpaired) electrons. The topological polar surface area (TPSA) is 42.2 Å². The van der Waals surface area contributed by atoms with E-state index in [1.54, 1.807) is 7.11 Å². The van der Waals surface area contributed by atoms with Crippen LogP contribution in [-0.2, 0) is 6.61 Å². The number of ether oxygens (including phenoxy) is 2. The summed E-state index contributed by atoms with van der Waals surface area (Å²) >= 11 is 8.16. The third-order valence-electron chi connectivity index (χ3n) is 4.34. The molecule has 0 aromatic heterocycles. The molecule has 0 N–H and O–H groups in total. The van der Waals surface area contributed by atoms with Gasteiger partial charge >= 0.3 is 0 Å². The lowest BCUT2D eigenvalue weighted by Crippen LogP contribution is -2.00. The molecule has 0 spiro atoms. The zero-order chi connectivity index (χ0) is 20.8. The Bertz CT molecular complexity index is 1070. The van der Waals surface area contributed by atoms with Gasteiger partial charge in [0.1, 0.15) is 6.61 Å².